The normalized spacial score (nSPS) is 16.8. The van der Waals surface area contributed by atoms with Gasteiger partial charge in [0.05, 0.1) is 18.3 Å². The van der Waals surface area contributed by atoms with Crippen molar-refractivity contribution in [3.8, 4) is 5.75 Å². The zero-order chi connectivity index (χ0) is 17.9. The first kappa shape index (κ1) is 16.4. The maximum absolute atomic E-state index is 12.5. The summed E-state index contributed by atoms with van der Waals surface area (Å²) in [5.41, 5.74) is 2.45. The van der Waals surface area contributed by atoms with Crippen LogP contribution in [0.4, 0.5) is 5.69 Å². The van der Waals surface area contributed by atoms with Gasteiger partial charge in [-0.25, -0.2) is 0 Å². The summed E-state index contributed by atoms with van der Waals surface area (Å²) in [4.78, 5) is 14.8. The van der Waals surface area contributed by atoms with Gasteiger partial charge >= 0.3 is 0 Å². The van der Waals surface area contributed by atoms with Crippen LogP contribution in [0.1, 0.15) is 16.9 Å². The summed E-state index contributed by atoms with van der Waals surface area (Å²) in [6.07, 6.45) is 1.04. The second-order valence-corrected chi connectivity index (χ2v) is 6.60. The summed E-state index contributed by atoms with van der Waals surface area (Å²) < 4.78 is 5.46. The van der Waals surface area contributed by atoms with Crippen LogP contribution in [0.25, 0.3) is 10.9 Å². The summed E-state index contributed by atoms with van der Waals surface area (Å²) in [7, 11) is 1.70. The average Bonchev–Trinajstić information content (AvgIpc) is 3.33. The number of fused-ring (bicyclic) bond motifs is 1. The molecule has 26 heavy (non-hydrogen) atoms. The number of nitrogens with zero attached hydrogens (tertiary/aromatic N) is 2. The van der Waals surface area contributed by atoms with E-state index in [0.717, 1.165) is 41.9 Å². The summed E-state index contributed by atoms with van der Waals surface area (Å²) in [6, 6.07) is 15.7. The van der Waals surface area contributed by atoms with E-state index in [1.807, 2.05) is 42.5 Å². The third-order valence-electron chi connectivity index (χ3n) is 4.95. The lowest BCUT2D eigenvalue weighted by Gasteiger charge is -2.21. The van der Waals surface area contributed by atoms with Gasteiger partial charge in [0.15, 0.2) is 5.69 Å². The number of rotatable bonds is 5. The molecule has 0 aliphatic carbocycles. The number of methoxy groups -OCH3 is 1. The molecular formula is C20H22N4O2. The molecule has 134 valence electrons. The number of hydrogen-bond acceptors (Lipinski definition) is 4. The van der Waals surface area contributed by atoms with Crippen molar-refractivity contribution in [2.45, 2.75) is 6.42 Å². The molecule has 1 aliphatic rings. The zero-order valence-corrected chi connectivity index (χ0v) is 14.7. The average molecular weight is 350 g/mol. The molecule has 2 aromatic carbocycles. The minimum absolute atomic E-state index is 0.127. The predicted molar refractivity (Wildman–Crippen MR) is 102 cm³/mol. The number of H-pyrrole nitrogens is 1. The standard InChI is InChI=1S/C20H22N4O2/c1-26-18-9-5-4-8-17(18)24-11-10-14(13-24)12-21-20(25)19-15-6-2-3-7-16(15)22-23-19/h2-9,14H,10-13H2,1H3,(H,21,25)(H,22,23)/t14-/m0/s1. The maximum Gasteiger partial charge on any atom is 0.272 e. The van der Waals surface area contributed by atoms with Gasteiger partial charge in [0.1, 0.15) is 5.75 Å². The Kier molecular flexibility index (Phi) is 4.48. The number of aromatic nitrogens is 2. The van der Waals surface area contributed by atoms with E-state index in [9.17, 15) is 4.79 Å². The third-order valence-corrected chi connectivity index (χ3v) is 4.95. The van der Waals surface area contributed by atoms with Crippen molar-refractivity contribution >= 4 is 22.5 Å². The van der Waals surface area contributed by atoms with Gasteiger partial charge in [-0.1, -0.05) is 30.3 Å². The fourth-order valence-corrected chi connectivity index (χ4v) is 3.57. The second kappa shape index (κ2) is 7.07. The molecule has 2 heterocycles. The molecule has 0 spiro atoms. The Morgan fingerprint density at radius 1 is 1.27 bits per heavy atom. The number of ether oxygens (including phenoxy) is 1. The van der Waals surface area contributed by atoms with Gasteiger partial charge in [0, 0.05) is 25.0 Å². The Morgan fingerprint density at radius 3 is 2.96 bits per heavy atom. The Bertz CT molecular complexity index is 921. The number of amides is 1. The summed E-state index contributed by atoms with van der Waals surface area (Å²) >= 11 is 0. The molecule has 0 bridgehead atoms. The Morgan fingerprint density at radius 2 is 2.08 bits per heavy atom. The van der Waals surface area contributed by atoms with E-state index in [0.29, 0.717) is 18.2 Å². The van der Waals surface area contributed by atoms with Crippen molar-refractivity contribution < 1.29 is 9.53 Å². The first-order chi connectivity index (χ1) is 12.8. The summed E-state index contributed by atoms with van der Waals surface area (Å²) in [6.45, 7) is 2.51. The van der Waals surface area contributed by atoms with E-state index < -0.39 is 0 Å². The molecule has 6 heteroatoms. The SMILES string of the molecule is COc1ccccc1N1CC[C@@H](CNC(=O)c2n[nH]c3ccccc23)C1. The largest absolute Gasteiger partial charge is 0.495 e. The first-order valence-corrected chi connectivity index (χ1v) is 8.85. The van der Waals surface area contributed by atoms with Crippen molar-refractivity contribution in [1.82, 2.24) is 15.5 Å². The van der Waals surface area contributed by atoms with Gasteiger partial charge in [-0.05, 0) is 30.5 Å². The zero-order valence-electron chi connectivity index (χ0n) is 14.7. The molecule has 0 saturated carbocycles. The molecule has 1 aromatic heterocycles. The number of nitrogens with one attached hydrogen (secondary N) is 2. The van der Waals surface area contributed by atoms with Crippen LogP contribution >= 0.6 is 0 Å². The van der Waals surface area contributed by atoms with Crippen LogP contribution in [0.5, 0.6) is 5.75 Å². The molecule has 0 unspecified atom stereocenters. The molecule has 2 N–H and O–H groups in total. The van der Waals surface area contributed by atoms with E-state index in [1.54, 1.807) is 7.11 Å². The maximum atomic E-state index is 12.5. The molecular weight excluding hydrogens is 328 g/mol. The lowest BCUT2D eigenvalue weighted by Crippen LogP contribution is -2.31. The smallest absolute Gasteiger partial charge is 0.272 e. The molecule has 4 rings (SSSR count). The first-order valence-electron chi connectivity index (χ1n) is 8.85. The summed E-state index contributed by atoms with van der Waals surface area (Å²) in [5.74, 6) is 1.17. The number of benzene rings is 2. The fourth-order valence-electron chi connectivity index (χ4n) is 3.57. The lowest BCUT2D eigenvalue weighted by molar-refractivity contribution is 0.0945. The highest BCUT2D eigenvalue weighted by Gasteiger charge is 2.25. The minimum Gasteiger partial charge on any atom is -0.495 e. The Labute approximate surface area is 152 Å². The van der Waals surface area contributed by atoms with Gasteiger partial charge in [-0.2, -0.15) is 5.10 Å². The van der Waals surface area contributed by atoms with Gasteiger partial charge < -0.3 is 15.0 Å². The number of hydrogen-bond donors (Lipinski definition) is 2. The van der Waals surface area contributed by atoms with E-state index in [4.69, 9.17) is 4.74 Å². The topological polar surface area (TPSA) is 70.2 Å². The van der Waals surface area contributed by atoms with Crippen molar-refractivity contribution in [3.63, 3.8) is 0 Å². The molecule has 6 nitrogen and oxygen atoms in total. The highest BCUT2D eigenvalue weighted by Crippen LogP contribution is 2.31. The number of para-hydroxylation sites is 3. The van der Waals surface area contributed by atoms with Crippen LogP contribution in [-0.2, 0) is 0 Å². The molecule has 1 atom stereocenters. The van der Waals surface area contributed by atoms with Crippen LogP contribution in [0.2, 0.25) is 0 Å². The van der Waals surface area contributed by atoms with Crippen molar-refractivity contribution in [1.29, 1.82) is 0 Å². The Balaban J connectivity index is 1.38. The van der Waals surface area contributed by atoms with E-state index in [-0.39, 0.29) is 5.91 Å². The monoisotopic (exact) mass is 350 g/mol. The molecule has 1 fully saturated rings. The second-order valence-electron chi connectivity index (χ2n) is 6.60. The van der Waals surface area contributed by atoms with Crippen LogP contribution in [0.15, 0.2) is 48.5 Å². The minimum atomic E-state index is -0.127. The fraction of sp³-hybridized carbons (Fsp3) is 0.300. The van der Waals surface area contributed by atoms with E-state index >= 15 is 0 Å². The molecule has 3 aromatic rings. The van der Waals surface area contributed by atoms with Crippen LogP contribution < -0.4 is 15.0 Å². The van der Waals surface area contributed by atoms with Gasteiger partial charge in [-0.15, -0.1) is 0 Å². The van der Waals surface area contributed by atoms with Gasteiger partial charge in [-0.3, -0.25) is 9.89 Å². The van der Waals surface area contributed by atoms with Crippen LogP contribution in [0, 0.1) is 5.92 Å². The van der Waals surface area contributed by atoms with Gasteiger partial charge in [0.25, 0.3) is 5.91 Å². The highest BCUT2D eigenvalue weighted by atomic mass is 16.5. The molecule has 1 aliphatic heterocycles. The van der Waals surface area contributed by atoms with Crippen molar-refractivity contribution in [2.75, 3.05) is 31.6 Å². The molecule has 1 saturated heterocycles. The van der Waals surface area contributed by atoms with Crippen molar-refractivity contribution in [3.05, 3.63) is 54.2 Å². The molecule has 0 radical (unpaired) electrons. The lowest BCUT2D eigenvalue weighted by atomic mass is 10.1. The summed E-state index contributed by atoms with van der Waals surface area (Å²) in [5, 5.41) is 11.0. The predicted octanol–water partition coefficient (Wildman–Crippen LogP) is 2.83. The quantitative estimate of drug-likeness (QED) is 0.742. The Hall–Kier alpha value is -3.02. The highest BCUT2D eigenvalue weighted by molar-refractivity contribution is 6.04. The molecule has 1 amide bonds. The van der Waals surface area contributed by atoms with Crippen molar-refractivity contribution in [2.24, 2.45) is 5.92 Å². The number of carbonyl (C=O) groups excluding carboxylic acids is 1. The van der Waals surface area contributed by atoms with E-state index in [1.165, 1.54) is 0 Å². The third kappa shape index (κ3) is 3.10. The van der Waals surface area contributed by atoms with Crippen LogP contribution in [0.3, 0.4) is 0 Å². The number of carbonyl (C=O) groups is 1. The number of anilines is 1. The number of aromatic amines is 1. The van der Waals surface area contributed by atoms with E-state index in [2.05, 4.69) is 26.5 Å². The van der Waals surface area contributed by atoms with Gasteiger partial charge in [0.2, 0.25) is 0 Å². The van der Waals surface area contributed by atoms with Crippen LogP contribution in [-0.4, -0.2) is 42.8 Å².